The first-order chi connectivity index (χ1) is 9.63. The SMILES string of the molecule is CC(C)=CC(C)(C(=O)OCC1CCC2OC2C1)C(C)(C)C. The molecule has 0 radical (unpaired) electrons. The van der Waals surface area contributed by atoms with E-state index in [-0.39, 0.29) is 11.4 Å². The number of hydrogen-bond acceptors (Lipinski definition) is 3. The lowest BCUT2D eigenvalue weighted by Gasteiger charge is -2.38. The highest BCUT2D eigenvalue weighted by Crippen LogP contribution is 2.43. The fourth-order valence-corrected chi connectivity index (χ4v) is 3.14. The van der Waals surface area contributed by atoms with Gasteiger partial charge in [0.1, 0.15) is 0 Å². The van der Waals surface area contributed by atoms with E-state index >= 15 is 0 Å². The second kappa shape index (κ2) is 5.75. The van der Waals surface area contributed by atoms with Gasteiger partial charge in [0.2, 0.25) is 0 Å². The average Bonchev–Trinajstić information content (AvgIpc) is 3.11. The highest BCUT2D eigenvalue weighted by molar-refractivity contribution is 5.79. The van der Waals surface area contributed by atoms with Gasteiger partial charge in [-0.1, -0.05) is 32.4 Å². The summed E-state index contributed by atoms with van der Waals surface area (Å²) >= 11 is 0. The van der Waals surface area contributed by atoms with Crippen LogP contribution in [0.3, 0.4) is 0 Å². The van der Waals surface area contributed by atoms with E-state index in [2.05, 4.69) is 26.8 Å². The molecule has 1 aliphatic carbocycles. The van der Waals surface area contributed by atoms with Crippen molar-refractivity contribution < 1.29 is 14.3 Å². The van der Waals surface area contributed by atoms with Crippen molar-refractivity contribution in [2.24, 2.45) is 16.7 Å². The number of epoxide rings is 1. The van der Waals surface area contributed by atoms with Crippen molar-refractivity contribution in [2.45, 2.75) is 73.0 Å². The molecule has 1 saturated heterocycles. The Labute approximate surface area is 129 Å². The van der Waals surface area contributed by atoms with Crippen molar-refractivity contribution >= 4 is 5.97 Å². The van der Waals surface area contributed by atoms with Crippen LogP contribution in [0.4, 0.5) is 0 Å². The summed E-state index contributed by atoms with van der Waals surface area (Å²) in [6, 6.07) is 0. The Morgan fingerprint density at radius 2 is 1.86 bits per heavy atom. The molecule has 21 heavy (non-hydrogen) atoms. The molecule has 0 aromatic rings. The Hall–Kier alpha value is -0.830. The zero-order valence-electron chi connectivity index (χ0n) is 14.4. The van der Waals surface area contributed by atoms with Gasteiger partial charge in [-0.2, -0.15) is 0 Å². The van der Waals surface area contributed by atoms with Gasteiger partial charge in [0, 0.05) is 0 Å². The third-order valence-corrected chi connectivity index (χ3v) is 5.12. The van der Waals surface area contributed by atoms with Crippen LogP contribution in [0.1, 0.15) is 60.8 Å². The zero-order chi connectivity index (χ0) is 15.8. The molecule has 2 rings (SSSR count). The molecule has 3 heteroatoms. The van der Waals surface area contributed by atoms with Crippen molar-refractivity contribution in [3.63, 3.8) is 0 Å². The normalized spacial score (nSPS) is 30.9. The summed E-state index contributed by atoms with van der Waals surface area (Å²) < 4.78 is 11.2. The van der Waals surface area contributed by atoms with Gasteiger partial charge in [-0.3, -0.25) is 4.79 Å². The Morgan fingerprint density at radius 3 is 2.38 bits per heavy atom. The molecule has 0 N–H and O–H groups in total. The molecule has 1 saturated carbocycles. The van der Waals surface area contributed by atoms with Crippen molar-refractivity contribution in [2.75, 3.05) is 6.61 Å². The van der Waals surface area contributed by atoms with E-state index in [1.54, 1.807) is 0 Å². The molecule has 1 aliphatic heterocycles. The van der Waals surface area contributed by atoms with E-state index in [0.29, 0.717) is 24.7 Å². The molecule has 2 fully saturated rings. The number of allylic oxidation sites excluding steroid dienone is 1. The van der Waals surface area contributed by atoms with Gasteiger partial charge in [0.15, 0.2) is 0 Å². The maximum atomic E-state index is 12.7. The van der Waals surface area contributed by atoms with Crippen LogP contribution < -0.4 is 0 Å². The molecule has 2 aliphatic rings. The number of carbonyl (C=O) groups is 1. The number of hydrogen-bond donors (Lipinski definition) is 0. The summed E-state index contributed by atoms with van der Waals surface area (Å²) in [5, 5.41) is 0. The summed E-state index contributed by atoms with van der Waals surface area (Å²) in [5.41, 5.74) is 0.397. The van der Waals surface area contributed by atoms with Crippen LogP contribution in [0.25, 0.3) is 0 Å². The first-order valence-corrected chi connectivity index (χ1v) is 8.12. The van der Waals surface area contributed by atoms with Crippen LogP contribution in [-0.4, -0.2) is 24.8 Å². The third kappa shape index (κ3) is 3.68. The second-order valence-corrected chi connectivity index (χ2v) is 8.16. The summed E-state index contributed by atoms with van der Waals surface area (Å²) in [6.07, 6.45) is 6.28. The van der Waals surface area contributed by atoms with Crippen molar-refractivity contribution in [1.82, 2.24) is 0 Å². The number of rotatable bonds is 4. The Bertz CT molecular complexity index is 428. The highest BCUT2D eigenvalue weighted by Gasteiger charge is 2.46. The summed E-state index contributed by atoms with van der Waals surface area (Å²) in [5.74, 6) is 0.365. The summed E-state index contributed by atoms with van der Waals surface area (Å²) in [7, 11) is 0. The second-order valence-electron chi connectivity index (χ2n) is 8.16. The van der Waals surface area contributed by atoms with E-state index in [9.17, 15) is 4.79 Å². The first kappa shape index (κ1) is 16.5. The molecule has 0 aromatic heterocycles. The fraction of sp³-hybridized carbons (Fsp3) is 0.833. The van der Waals surface area contributed by atoms with E-state index < -0.39 is 5.41 Å². The molecule has 0 aromatic carbocycles. The van der Waals surface area contributed by atoms with Crippen LogP contribution in [-0.2, 0) is 14.3 Å². The van der Waals surface area contributed by atoms with Gasteiger partial charge in [-0.25, -0.2) is 0 Å². The van der Waals surface area contributed by atoms with Gasteiger partial charge < -0.3 is 9.47 Å². The molecule has 4 atom stereocenters. The van der Waals surface area contributed by atoms with Crippen LogP contribution in [0.5, 0.6) is 0 Å². The molecule has 0 amide bonds. The van der Waals surface area contributed by atoms with Gasteiger partial charge in [0.25, 0.3) is 0 Å². The Balaban J connectivity index is 1.96. The number of fused-ring (bicyclic) bond motifs is 1. The van der Waals surface area contributed by atoms with E-state index in [1.807, 2.05) is 20.8 Å². The predicted molar refractivity (Wildman–Crippen MR) is 84.0 cm³/mol. The van der Waals surface area contributed by atoms with Crippen molar-refractivity contribution in [3.05, 3.63) is 11.6 Å². The van der Waals surface area contributed by atoms with E-state index in [1.165, 1.54) is 0 Å². The standard InChI is InChI=1S/C18H30O3/c1-12(2)10-18(6,17(3,4)5)16(19)20-11-13-7-8-14-15(9-13)21-14/h10,13-15H,7-9,11H2,1-6H3. The molecule has 1 heterocycles. The largest absolute Gasteiger partial charge is 0.465 e. The smallest absolute Gasteiger partial charge is 0.316 e. The first-order valence-electron chi connectivity index (χ1n) is 8.12. The van der Waals surface area contributed by atoms with E-state index in [4.69, 9.17) is 9.47 Å². The lowest BCUT2D eigenvalue weighted by molar-refractivity contribution is -0.159. The fourth-order valence-electron chi connectivity index (χ4n) is 3.14. The molecular formula is C18H30O3. The lowest BCUT2D eigenvalue weighted by Crippen LogP contribution is -2.41. The molecule has 0 spiro atoms. The number of esters is 1. The molecule has 3 nitrogen and oxygen atoms in total. The quantitative estimate of drug-likeness (QED) is 0.445. The van der Waals surface area contributed by atoms with Gasteiger partial charge in [-0.05, 0) is 51.4 Å². The molecule has 0 bridgehead atoms. The summed E-state index contributed by atoms with van der Waals surface area (Å²) in [6.45, 7) is 12.9. The van der Waals surface area contributed by atoms with Crippen LogP contribution >= 0.6 is 0 Å². The van der Waals surface area contributed by atoms with Crippen LogP contribution in [0.2, 0.25) is 0 Å². The summed E-state index contributed by atoms with van der Waals surface area (Å²) in [4.78, 5) is 12.7. The zero-order valence-corrected chi connectivity index (χ0v) is 14.4. The lowest BCUT2D eigenvalue weighted by atomic mass is 9.67. The third-order valence-electron chi connectivity index (χ3n) is 5.12. The Kier molecular flexibility index (Phi) is 4.53. The Morgan fingerprint density at radius 1 is 1.19 bits per heavy atom. The van der Waals surface area contributed by atoms with Crippen LogP contribution in [0.15, 0.2) is 11.6 Å². The van der Waals surface area contributed by atoms with Gasteiger partial charge >= 0.3 is 5.97 Å². The monoisotopic (exact) mass is 294 g/mol. The van der Waals surface area contributed by atoms with Gasteiger partial charge in [-0.15, -0.1) is 0 Å². The number of ether oxygens (including phenoxy) is 2. The average molecular weight is 294 g/mol. The molecule has 120 valence electrons. The van der Waals surface area contributed by atoms with Crippen molar-refractivity contribution in [1.29, 1.82) is 0 Å². The van der Waals surface area contributed by atoms with Crippen molar-refractivity contribution in [3.8, 4) is 0 Å². The minimum Gasteiger partial charge on any atom is -0.465 e. The minimum atomic E-state index is -0.584. The predicted octanol–water partition coefficient (Wildman–Crippen LogP) is 4.12. The molecular weight excluding hydrogens is 264 g/mol. The number of carbonyl (C=O) groups excluding carboxylic acids is 1. The van der Waals surface area contributed by atoms with Crippen LogP contribution in [0, 0.1) is 16.7 Å². The topological polar surface area (TPSA) is 38.8 Å². The van der Waals surface area contributed by atoms with Gasteiger partial charge in [0.05, 0.1) is 24.2 Å². The van der Waals surface area contributed by atoms with E-state index in [0.717, 1.165) is 24.8 Å². The highest BCUT2D eigenvalue weighted by atomic mass is 16.6. The maximum absolute atomic E-state index is 12.7. The molecule has 4 unspecified atom stereocenters. The minimum absolute atomic E-state index is 0.102. The maximum Gasteiger partial charge on any atom is 0.316 e.